The molecule has 2 aromatic carbocycles. The molecular weight excluding hydrogens is 462 g/mol. The normalized spacial score (nSPS) is 20.4. The Morgan fingerprint density at radius 1 is 1.12 bits per heavy atom. The number of halogens is 1. The molecule has 0 radical (unpaired) electrons. The van der Waals surface area contributed by atoms with E-state index in [1.54, 1.807) is 17.4 Å². The fourth-order valence-electron chi connectivity index (χ4n) is 5.02. The Morgan fingerprint density at radius 2 is 1.91 bits per heavy atom. The third-order valence-corrected chi connectivity index (χ3v) is 8.15. The van der Waals surface area contributed by atoms with E-state index in [2.05, 4.69) is 31.2 Å². The summed E-state index contributed by atoms with van der Waals surface area (Å²) in [6.45, 7) is 2.10. The van der Waals surface area contributed by atoms with Crippen LogP contribution in [-0.2, 0) is 11.2 Å². The monoisotopic (exact) mass is 485 g/mol. The van der Waals surface area contributed by atoms with Gasteiger partial charge in [0, 0.05) is 38.2 Å². The number of nitriles is 1. The summed E-state index contributed by atoms with van der Waals surface area (Å²) in [6, 6.07) is 24.0. The number of hydrogen-bond donors (Lipinski definition) is 1. The van der Waals surface area contributed by atoms with Gasteiger partial charge in [-0.15, -0.1) is 11.3 Å². The Kier molecular flexibility index (Phi) is 6.03. The summed E-state index contributed by atoms with van der Waals surface area (Å²) < 4.78 is 0. The molecule has 1 aliphatic heterocycles. The van der Waals surface area contributed by atoms with Crippen molar-refractivity contribution in [3.05, 3.63) is 110 Å². The minimum absolute atomic E-state index is 0.0424. The molecule has 170 valence electrons. The molecule has 0 saturated heterocycles. The molecule has 2 aliphatic rings. The van der Waals surface area contributed by atoms with Crippen LogP contribution in [0.25, 0.3) is 0 Å². The standard InChI is InChI=1S/C28H24ClN3OS/c1-2-21-11-12-25(34-21)26-22(16-30)28(31)32(20-10-6-9-19(29)15-20)23-13-18(14-24(33)27(23)26)17-7-4-3-5-8-17/h3-12,15,18,26H,2,13-14,31H2,1H3/t18-,26+/m1/s1. The van der Waals surface area contributed by atoms with Crippen LogP contribution in [0.15, 0.2) is 89.4 Å². The van der Waals surface area contributed by atoms with Crippen LogP contribution in [0.1, 0.15) is 46.9 Å². The van der Waals surface area contributed by atoms with Crippen LogP contribution < -0.4 is 10.6 Å². The number of ketones is 1. The molecule has 34 heavy (non-hydrogen) atoms. The van der Waals surface area contributed by atoms with Crippen molar-refractivity contribution in [2.75, 3.05) is 4.90 Å². The Labute approximate surface area is 208 Å². The number of Topliss-reactive ketones (excluding diaryl/α,β-unsaturated/α-hetero) is 1. The zero-order valence-electron chi connectivity index (χ0n) is 18.8. The van der Waals surface area contributed by atoms with E-state index in [1.807, 2.05) is 47.4 Å². The number of nitrogens with two attached hydrogens (primary N) is 1. The Bertz CT molecular complexity index is 1370. The molecule has 1 aliphatic carbocycles. The van der Waals surface area contributed by atoms with Crippen LogP contribution >= 0.6 is 22.9 Å². The first-order valence-electron chi connectivity index (χ1n) is 11.4. The molecule has 0 unspecified atom stereocenters. The highest BCUT2D eigenvalue weighted by molar-refractivity contribution is 7.12. The second-order valence-electron chi connectivity index (χ2n) is 8.62. The Balaban J connectivity index is 1.72. The van der Waals surface area contributed by atoms with Gasteiger partial charge in [-0.25, -0.2) is 0 Å². The lowest BCUT2D eigenvalue weighted by molar-refractivity contribution is -0.116. The molecule has 0 spiro atoms. The van der Waals surface area contributed by atoms with Crippen LogP contribution in [-0.4, -0.2) is 5.78 Å². The van der Waals surface area contributed by atoms with Crippen LogP contribution in [0.3, 0.4) is 0 Å². The van der Waals surface area contributed by atoms with E-state index in [4.69, 9.17) is 17.3 Å². The Hall–Kier alpha value is -3.33. The molecule has 2 atom stereocenters. The molecule has 2 N–H and O–H groups in total. The minimum Gasteiger partial charge on any atom is -0.384 e. The molecule has 4 nitrogen and oxygen atoms in total. The third kappa shape index (κ3) is 3.83. The van der Waals surface area contributed by atoms with Gasteiger partial charge in [0.2, 0.25) is 0 Å². The molecule has 3 aromatic rings. The summed E-state index contributed by atoms with van der Waals surface area (Å²) in [4.78, 5) is 17.9. The van der Waals surface area contributed by atoms with E-state index in [9.17, 15) is 10.1 Å². The number of thiophene rings is 1. The number of anilines is 1. The highest BCUT2D eigenvalue weighted by atomic mass is 35.5. The number of aryl methyl sites for hydroxylation is 1. The highest BCUT2D eigenvalue weighted by Gasteiger charge is 2.43. The van der Waals surface area contributed by atoms with Crippen molar-refractivity contribution < 1.29 is 4.79 Å². The molecule has 0 saturated carbocycles. The van der Waals surface area contributed by atoms with E-state index in [-0.39, 0.29) is 11.7 Å². The first-order chi connectivity index (χ1) is 16.5. The number of carbonyl (C=O) groups is 1. The molecule has 6 heteroatoms. The van der Waals surface area contributed by atoms with Gasteiger partial charge in [-0.3, -0.25) is 9.69 Å². The van der Waals surface area contributed by atoms with Gasteiger partial charge >= 0.3 is 0 Å². The second kappa shape index (κ2) is 9.13. The summed E-state index contributed by atoms with van der Waals surface area (Å²) >= 11 is 7.97. The zero-order chi connectivity index (χ0) is 23.8. The summed E-state index contributed by atoms with van der Waals surface area (Å²) in [5.41, 5.74) is 10.6. The first-order valence-corrected chi connectivity index (χ1v) is 12.6. The van der Waals surface area contributed by atoms with Crippen molar-refractivity contribution in [1.29, 1.82) is 5.26 Å². The average Bonchev–Trinajstić information content (AvgIpc) is 3.32. The number of hydrogen-bond acceptors (Lipinski definition) is 5. The minimum atomic E-state index is -0.440. The van der Waals surface area contributed by atoms with E-state index in [0.717, 1.165) is 28.2 Å². The van der Waals surface area contributed by atoms with Gasteiger partial charge in [0.05, 0.1) is 17.6 Å². The first kappa shape index (κ1) is 22.5. The van der Waals surface area contributed by atoms with Crippen LogP contribution in [0.4, 0.5) is 5.69 Å². The third-order valence-electron chi connectivity index (χ3n) is 6.62. The van der Waals surface area contributed by atoms with Crippen LogP contribution in [0, 0.1) is 11.3 Å². The van der Waals surface area contributed by atoms with Gasteiger partial charge in [0.25, 0.3) is 0 Å². The number of benzene rings is 2. The smallest absolute Gasteiger partial charge is 0.162 e. The maximum absolute atomic E-state index is 13.8. The quantitative estimate of drug-likeness (QED) is 0.448. The number of rotatable bonds is 4. The summed E-state index contributed by atoms with van der Waals surface area (Å²) in [5.74, 6) is 0.0334. The maximum Gasteiger partial charge on any atom is 0.162 e. The molecule has 0 fully saturated rings. The van der Waals surface area contributed by atoms with Gasteiger partial charge in [-0.05, 0) is 54.7 Å². The van der Waals surface area contributed by atoms with Crippen molar-refractivity contribution in [3.8, 4) is 6.07 Å². The predicted octanol–water partition coefficient (Wildman–Crippen LogP) is 6.66. The molecule has 5 rings (SSSR count). The lowest BCUT2D eigenvalue weighted by atomic mass is 9.73. The lowest BCUT2D eigenvalue weighted by Crippen LogP contribution is -2.39. The zero-order valence-corrected chi connectivity index (χ0v) is 20.4. The SMILES string of the molecule is CCc1ccc([C@@H]2C(C#N)=C(N)N(c3cccc(Cl)c3)C3=C2C(=O)C[C@H](c2ccccc2)C3)s1. The van der Waals surface area contributed by atoms with E-state index in [1.165, 1.54) is 4.88 Å². The van der Waals surface area contributed by atoms with E-state index in [0.29, 0.717) is 34.8 Å². The summed E-state index contributed by atoms with van der Waals surface area (Å²) in [5, 5.41) is 10.8. The number of carbonyl (C=O) groups excluding carboxylic acids is 1. The molecule has 0 bridgehead atoms. The largest absolute Gasteiger partial charge is 0.384 e. The highest BCUT2D eigenvalue weighted by Crippen LogP contribution is 2.50. The Morgan fingerprint density at radius 3 is 2.59 bits per heavy atom. The average molecular weight is 486 g/mol. The van der Waals surface area contributed by atoms with Gasteiger partial charge < -0.3 is 5.73 Å². The lowest BCUT2D eigenvalue weighted by Gasteiger charge is -2.41. The molecular formula is C28H24ClN3OS. The van der Waals surface area contributed by atoms with Crippen molar-refractivity contribution in [2.24, 2.45) is 5.73 Å². The molecule has 2 heterocycles. The van der Waals surface area contributed by atoms with Gasteiger partial charge in [-0.2, -0.15) is 5.26 Å². The fourth-order valence-corrected chi connectivity index (χ4v) is 6.28. The van der Waals surface area contributed by atoms with Crippen LogP contribution in [0.5, 0.6) is 0 Å². The predicted molar refractivity (Wildman–Crippen MR) is 138 cm³/mol. The number of allylic oxidation sites excluding steroid dienone is 3. The molecule has 0 amide bonds. The number of nitrogens with zero attached hydrogens (tertiary/aromatic N) is 2. The van der Waals surface area contributed by atoms with Crippen molar-refractivity contribution in [1.82, 2.24) is 0 Å². The van der Waals surface area contributed by atoms with Gasteiger partial charge in [0.15, 0.2) is 5.78 Å². The van der Waals surface area contributed by atoms with Crippen molar-refractivity contribution >= 4 is 34.4 Å². The van der Waals surface area contributed by atoms with Crippen molar-refractivity contribution in [3.63, 3.8) is 0 Å². The van der Waals surface area contributed by atoms with E-state index < -0.39 is 5.92 Å². The van der Waals surface area contributed by atoms with Gasteiger partial charge in [0.1, 0.15) is 5.82 Å². The summed E-state index contributed by atoms with van der Waals surface area (Å²) in [7, 11) is 0. The maximum atomic E-state index is 13.8. The van der Waals surface area contributed by atoms with Crippen molar-refractivity contribution in [2.45, 2.75) is 38.0 Å². The van der Waals surface area contributed by atoms with Gasteiger partial charge in [-0.1, -0.05) is 54.9 Å². The summed E-state index contributed by atoms with van der Waals surface area (Å²) in [6.07, 6.45) is 1.97. The molecule has 1 aromatic heterocycles. The van der Waals surface area contributed by atoms with Crippen LogP contribution in [0.2, 0.25) is 5.02 Å². The van der Waals surface area contributed by atoms with E-state index >= 15 is 0 Å². The topological polar surface area (TPSA) is 70.1 Å². The second-order valence-corrected chi connectivity index (χ2v) is 10.3. The fraction of sp³-hybridized carbons (Fsp3) is 0.214.